The summed E-state index contributed by atoms with van der Waals surface area (Å²) in [4.78, 5) is 26.4. The Labute approximate surface area is 260 Å². The zero-order chi connectivity index (χ0) is 31.1. The number of piperidine rings is 1. The number of nitrogens with one attached hydrogen (secondary N) is 1. The highest BCUT2D eigenvalue weighted by Crippen LogP contribution is 2.30. The van der Waals surface area contributed by atoms with E-state index in [4.69, 9.17) is 4.74 Å². The smallest absolute Gasteiger partial charge is 0.257 e. The summed E-state index contributed by atoms with van der Waals surface area (Å²) in [6.45, 7) is 11.2. The van der Waals surface area contributed by atoms with E-state index in [-0.39, 0.29) is 5.91 Å². The number of anilines is 1. The van der Waals surface area contributed by atoms with Gasteiger partial charge in [0.15, 0.2) is 6.20 Å². The number of aryl methyl sites for hydroxylation is 2. The van der Waals surface area contributed by atoms with Crippen molar-refractivity contribution in [2.75, 3.05) is 24.5 Å². The van der Waals surface area contributed by atoms with Crippen molar-refractivity contribution in [3.63, 3.8) is 0 Å². The van der Waals surface area contributed by atoms with Crippen LogP contribution in [0.3, 0.4) is 0 Å². The predicted octanol–water partition coefficient (Wildman–Crippen LogP) is 5.51. The minimum absolute atomic E-state index is 0.186. The van der Waals surface area contributed by atoms with E-state index >= 15 is 0 Å². The van der Waals surface area contributed by atoms with Crippen molar-refractivity contribution in [3.05, 3.63) is 113 Å². The van der Waals surface area contributed by atoms with Crippen molar-refractivity contribution in [2.45, 2.75) is 65.6 Å². The van der Waals surface area contributed by atoms with Gasteiger partial charge in [-0.15, -0.1) is 0 Å². The lowest BCUT2D eigenvalue weighted by molar-refractivity contribution is -0.612. The fraction of sp³-hybridized carbons (Fsp3) is 0.371. The van der Waals surface area contributed by atoms with Gasteiger partial charge >= 0.3 is 0 Å². The van der Waals surface area contributed by atoms with Crippen molar-refractivity contribution in [3.8, 4) is 11.5 Å². The van der Waals surface area contributed by atoms with E-state index in [1.54, 1.807) is 25.4 Å². The van der Waals surface area contributed by atoms with E-state index in [0.29, 0.717) is 35.6 Å². The molecule has 1 amide bonds. The van der Waals surface area contributed by atoms with E-state index in [1.165, 1.54) is 17.3 Å². The van der Waals surface area contributed by atoms with E-state index in [1.807, 2.05) is 43.6 Å². The second-order valence-corrected chi connectivity index (χ2v) is 11.7. The van der Waals surface area contributed by atoms with Gasteiger partial charge in [0.05, 0.1) is 6.20 Å². The molecule has 1 atom stereocenters. The maximum Gasteiger partial charge on any atom is 0.257 e. The van der Waals surface area contributed by atoms with Crippen LogP contribution in [0.5, 0.6) is 11.5 Å². The number of carbonyl (C=O) groups excluding carboxylic acids is 1. The largest absolute Gasteiger partial charge is 0.618 e. The third-order valence-corrected chi connectivity index (χ3v) is 8.71. The molecule has 1 fully saturated rings. The van der Waals surface area contributed by atoms with Crippen LogP contribution in [-0.2, 0) is 6.54 Å². The van der Waals surface area contributed by atoms with Crippen LogP contribution in [0.4, 0.5) is 5.69 Å². The predicted molar refractivity (Wildman–Crippen MR) is 172 cm³/mol. The van der Waals surface area contributed by atoms with Crippen LogP contribution in [-0.4, -0.2) is 52.5 Å². The molecule has 0 radical (unpaired) electrons. The Balaban J connectivity index is 1.20. The Morgan fingerprint density at radius 2 is 1.77 bits per heavy atom. The van der Waals surface area contributed by atoms with Crippen LogP contribution in [0.25, 0.3) is 0 Å². The number of hydrogen-bond donors (Lipinski definition) is 1. The second kappa shape index (κ2) is 14.3. The molecule has 4 aromatic rings. The molecule has 1 aliphatic heterocycles. The Kier molecular flexibility index (Phi) is 10.1. The van der Waals surface area contributed by atoms with E-state index in [2.05, 4.69) is 57.1 Å². The minimum atomic E-state index is -0.186. The molecule has 9 nitrogen and oxygen atoms in total. The van der Waals surface area contributed by atoms with Gasteiger partial charge in [-0.2, -0.15) is 4.73 Å². The lowest BCUT2D eigenvalue weighted by atomic mass is 9.99. The molecule has 230 valence electrons. The highest BCUT2D eigenvalue weighted by atomic mass is 16.5. The van der Waals surface area contributed by atoms with Crippen molar-refractivity contribution in [1.82, 2.24) is 20.2 Å². The lowest BCUT2D eigenvalue weighted by Gasteiger charge is -2.42. The van der Waals surface area contributed by atoms with Gasteiger partial charge < -0.3 is 25.1 Å². The Bertz CT molecular complexity index is 1540. The Hall–Kier alpha value is -4.50. The number of likely N-dealkylation sites (tertiary alicyclic amines) is 1. The summed E-state index contributed by atoms with van der Waals surface area (Å²) in [7, 11) is 0. The SMILES string of the molecule is Cc1ccncc1CN(c1ccc(Oc2cccnc2)cc1)C1CCN(C(C)CCNC(=O)c2c(C)cc[n+]([O-])c2C)CC1. The number of hydrogen-bond acceptors (Lipinski definition) is 7. The highest BCUT2D eigenvalue weighted by molar-refractivity contribution is 5.96. The van der Waals surface area contributed by atoms with Gasteiger partial charge in [-0.3, -0.25) is 14.8 Å². The summed E-state index contributed by atoms with van der Waals surface area (Å²) in [5.41, 5.74) is 5.33. The number of amides is 1. The molecule has 1 N–H and O–H groups in total. The van der Waals surface area contributed by atoms with Crippen LogP contribution >= 0.6 is 0 Å². The van der Waals surface area contributed by atoms with Crippen LogP contribution in [0.2, 0.25) is 0 Å². The molecule has 4 heterocycles. The zero-order valence-electron chi connectivity index (χ0n) is 26.1. The molecular weight excluding hydrogens is 552 g/mol. The lowest BCUT2D eigenvalue weighted by Crippen LogP contribution is -2.48. The van der Waals surface area contributed by atoms with Gasteiger partial charge in [0.25, 0.3) is 5.91 Å². The molecule has 0 bridgehead atoms. The molecule has 44 heavy (non-hydrogen) atoms. The first kappa shape index (κ1) is 30.9. The van der Waals surface area contributed by atoms with Crippen molar-refractivity contribution >= 4 is 11.6 Å². The van der Waals surface area contributed by atoms with Crippen molar-refractivity contribution < 1.29 is 14.3 Å². The number of carbonyl (C=O) groups is 1. The molecule has 1 aromatic carbocycles. The summed E-state index contributed by atoms with van der Waals surface area (Å²) in [6, 6.07) is 16.5. The van der Waals surface area contributed by atoms with Crippen molar-refractivity contribution in [1.29, 1.82) is 0 Å². The molecule has 3 aromatic heterocycles. The average molecular weight is 595 g/mol. The fourth-order valence-electron chi connectivity index (χ4n) is 5.94. The minimum Gasteiger partial charge on any atom is -0.618 e. The van der Waals surface area contributed by atoms with Crippen molar-refractivity contribution in [2.24, 2.45) is 0 Å². The molecule has 5 rings (SSSR count). The van der Waals surface area contributed by atoms with Crippen LogP contribution in [0.1, 0.15) is 58.9 Å². The normalized spacial score (nSPS) is 14.6. The molecule has 9 heteroatoms. The summed E-state index contributed by atoms with van der Waals surface area (Å²) in [5, 5.41) is 15.0. The summed E-state index contributed by atoms with van der Waals surface area (Å²) in [5.74, 6) is 1.30. The summed E-state index contributed by atoms with van der Waals surface area (Å²) >= 11 is 0. The Morgan fingerprint density at radius 1 is 1.02 bits per heavy atom. The van der Waals surface area contributed by atoms with Crippen LogP contribution in [0.15, 0.2) is 79.5 Å². The van der Waals surface area contributed by atoms with Gasteiger partial charge in [-0.1, -0.05) is 0 Å². The summed E-state index contributed by atoms with van der Waals surface area (Å²) < 4.78 is 6.73. The Morgan fingerprint density at radius 3 is 2.48 bits per heavy atom. The third-order valence-electron chi connectivity index (χ3n) is 8.71. The van der Waals surface area contributed by atoms with E-state index in [9.17, 15) is 10.0 Å². The molecule has 0 aliphatic carbocycles. The number of rotatable bonds is 11. The van der Waals surface area contributed by atoms with Gasteiger partial charge in [0.2, 0.25) is 5.69 Å². The molecule has 0 saturated carbocycles. The quantitative estimate of drug-likeness (QED) is 0.181. The number of nitrogens with zero attached hydrogens (tertiary/aromatic N) is 5. The molecular formula is C35H42N6O3. The topological polar surface area (TPSA) is 97.5 Å². The summed E-state index contributed by atoms with van der Waals surface area (Å²) in [6.07, 6.45) is 11.6. The number of ether oxygens (including phenoxy) is 1. The molecule has 1 aliphatic rings. The third kappa shape index (κ3) is 7.52. The molecule has 1 saturated heterocycles. The highest BCUT2D eigenvalue weighted by Gasteiger charge is 2.28. The van der Waals surface area contributed by atoms with Gasteiger partial charge in [-0.05, 0) is 99.2 Å². The van der Waals surface area contributed by atoms with Crippen LogP contribution in [0, 0.1) is 26.0 Å². The first-order chi connectivity index (χ1) is 21.3. The number of aromatic nitrogens is 3. The standard InChI is InChI=1S/C35H42N6O3/c1-25-11-17-37-22-29(25)24-40(30-7-9-32(10-8-30)44-33-6-5-16-36-23-33)31-14-19-39(20-15-31)27(3)12-18-38-35(42)34-26(2)13-21-41(43)28(34)4/h5-11,13,16-17,21-23,27,31H,12,14-15,18-20,24H2,1-4H3,(H,38,42). The monoisotopic (exact) mass is 594 g/mol. The first-order valence-electron chi connectivity index (χ1n) is 15.4. The average Bonchev–Trinajstić information content (AvgIpc) is 3.04. The zero-order valence-corrected chi connectivity index (χ0v) is 26.1. The first-order valence-corrected chi connectivity index (χ1v) is 15.4. The van der Waals surface area contributed by atoms with Crippen LogP contribution < -0.4 is 19.7 Å². The van der Waals surface area contributed by atoms with E-state index in [0.717, 1.165) is 60.6 Å². The maximum absolute atomic E-state index is 12.8. The molecule has 1 unspecified atom stereocenters. The fourth-order valence-corrected chi connectivity index (χ4v) is 5.94. The maximum atomic E-state index is 12.8. The number of benzene rings is 1. The second-order valence-electron chi connectivity index (χ2n) is 11.7. The molecule has 0 spiro atoms. The van der Waals surface area contributed by atoms with Gasteiger partial charge in [-0.25, -0.2) is 0 Å². The van der Waals surface area contributed by atoms with E-state index < -0.39 is 0 Å². The number of pyridine rings is 3. The van der Waals surface area contributed by atoms with Gasteiger partial charge in [0.1, 0.15) is 17.1 Å². The van der Waals surface area contributed by atoms with Gasteiger partial charge in [0, 0.05) is 75.5 Å².